The smallest absolute Gasteiger partial charge is 0.334 e. The number of hydrogen-bond acceptors (Lipinski definition) is 6. The molecule has 2 saturated heterocycles. The zero-order chi connectivity index (χ0) is 18.1. The number of cyclic esters (lactones) is 2. The maximum absolute atomic E-state index is 12.8. The average Bonchev–Trinajstić information content (AvgIpc) is 3.26. The summed E-state index contributed by atoms with van der Waals surface area (Å²) in [6.07, 6.45) is 7.41. The van der Waals surface area contributed by atoms with Crippen LogP contribution in [-0.2, 0) is 19.1 Å². The van der Waals surface area contributed by atoms with Gasteiger partial charge in [-0.15, -0.1) is 0 Å². The Morgan fingerprint density at radius 2 is 2.08 bits per heavy atom. The lowest BCUT2D eigenvalue weighted by Gasteiger charge is -2.56. The molecule has 0 saturated carbocycles. The number of esters is 2. The van der Waals surface area contributed by atoms with Gasteiger partial charge in [-0.2, -0.15) is 0 Å². The van der Waals surface area contributed by atoms with E-state index in [1.807, 2.05) is 6.08 Å². The molecule has 3 heterocycles. The Hall–Kier alpha value is -2.34. The quantitative estimate of drug-likeness (QED) is 0.778. The first kappa shape index (κ1) is 15.9. The molecular weight excluding hydrogens is 336 g/mol. The second-order valence-corrected chi connectivity index (χ2v) is 7.96. The van der Waals surface area contributed by atoms with Crippen molar-refractivity contribution >= 4 is 11.9 Å². The van der Waals surface area contributed by atoms with Crippen molar-refractivity contribution < 1.29 is 28.6 Å². The number of aliphatic hydroxyl groups is 1. The summed E-state index contributed by atoms with van der Waals surface area (Å²) >= 11 is 0. The van der Waals surface area contributed by atoms with Crippen LogP contribution in [0.5, 0.6) is 0 Å². The summed E-state index contributed by atoms with van der Waals surface area (Å²) in [6, 6.07) is 1.80. The Kier molecular flexibility index (Phi) is 3.11. The predicted molar refractivity (Wildman–Crippen MR) is 88.6 cm³/mol. The van der Waals surface area contributed by atoms with Crippen molar-refractivity contribution in [1.29, 1.82) is 0 Å². The molecule has 1 aromatic heterocycles. The van der Waals surface area contributed by atoms with Crippen molar-refractivity contribution in [3.05, 3.63) is 47.5 Å². The van der Waals surface area contributed by atoms with Gasteiger partial charge in [0.2, 0.25) is 0 Å². The standard InChI is InChI=1S/C20H20O6/c1-19-8-14(11-5-6-24-9-11)26-18(23)13(19)7-16(21)20-10-25-17(22)12(20)3-2-4-15(19)20/h3,5-7,9,14-16,21H,2,4,8,10H2,1H3/t14-,15-,16-,19+,20+/m1/s1. The lowest BCUT2D eigenvalue weighted by atomic mass is 9.48. The number of carbonyl (C=O) groups excluding carboxylic acids is 2. The van der Waals surface area contributed by atoms with Crippen LogP contribution in [0.1, 0.15) is 37.9 Å². The summed E-state index contributed by atoms with van der Waals surface area (Å²) in [5.41, 5.74) is 0.623. The molecule has 0 radical (unpaired) electrons. The molecule has 1 spiro atoms. The number of rotatable bonds is 1. The summed E-state index contributed by atoms with van der Waals surface area (Å²) in [4.78, 5) is 25.0. The molecule has 0 unspecified atom stereocenters. The summed E-state index contributed by atoms with van der Waals surface area (Å²) < 4.78 is 16.1. The molecular formula is C20H20O6. The summed E-state index contributed by atoms with van der Waals surface area (Å²) in [7, 11) is 0. The number of aliphatic hydroxyl groups excluding tert-OH is 1. The fourth-order valence-electron chi connectivity index (χ4n) is 5.58. The fourth-order valence-corrected chi connectivity index (χ4v) is 5.58. The summed E-state index contributed by atoms with van der Waals surface area (Å²) in [5.74, 6) is -0.821. The SMILES string of the molecule is C[C@]12C[C@H](c3ccoc3)OC(=O)C1=C[C@@H](O)[C@@]13COC(=O)C1=CCC[C@@H]32. The van der Waals surface area contributed by atoms with E-state index in [2.05, 4.69) is 6.92 Å². The molecule has 6 nitrogen and oxygen atoms in total. The highest BCUT2D eigenvalue weighted by molar-refractivity contribution is 5.95. The zero-order valence-corrected chi connectivity index (χ0v) is 14.4. The first-order chi connectivity index (χ1) is 12.5. The largest absolute Gasteiger partial charge is 0.472 e. The molecule has 6 heteroatoms. The van der Waals surface area contributed by atoms with Crippen molar-refractivity contribution in [3.8, 4) is 0 Å². The maximum atomic E-state index is 12.8. The van der Waals surface area contributed by atoms with Crippen molar-refractivity contribution in [3.63, 3.8) is 0 Å². The van der Waals surface area contributed by atoms with E-state index >= 15 is 0 Å². The van der Waals surface area contributed by atoms with Crippen molar-refractivity contribution in [2.45, 2.75) is 38.4 Å². The van der Waals surface area contributed by atoms with Gasteiger partial charge in [-0.1, -0.05) is 13.0 Å². The first-order valence-corrected chi connectivity index (χ1v) is 8.98. The minimum atomic E-state index is -0.938. The number of carbonyl (C=O) groups is 2. The molecule has 26 heavy (non-hydrogen) atoms. The van der Waals surface area contributed by atoms with E-state index in [1.54, 1.807) is 24.7 Å². The number of fused-ring (bicyclic) bond motifs is 2. The van der Waals surface area contributed by atoms with Crippen LogP contribution in [0.15, 0.2) is 46.3 Å². The molecule has 5 atom stereocenters. The molecule has 4 aliphatic rings. The van der Waals surface area contributed by atoms with Gasteiger partial charge in [-0.3, -0.25) is 0 Å². The molecule has 5 rings (SSSR count). The fraction of sp³-hybridized carbons (Fsp3) is 0.500. The number of furan rings is 1. The highest BCUT2D eigenvalue weighted by Gasteiger charge is 2.66. The molecule has 2 fully saturated rings. The van der Waals surface area contributed by atoms with E-state index in [0.29, 0.717) is 17.6 Å². The molecule has 0 amide bonds. The van der Waals surface area contributed by atoms with Crippen molar-refractivity contribution in [2.24, 2.45) is 16.7 Å². The third kappa shape index (κ3) is 1.80. The molecule has 0 bridgehead atoms. The van der Waals surface area contributed by atoms with Crippen LogP contribution in [0.2, 0.25) is 0 Å². The number of allylic oxidation sites excluding steroid dienone is 1. The van der Waals surface area contributed by atoms with Gasteiger partial charge in [0.1, 0.15) is 12.7 Å². The summed E-state index contributed by atoms with van der Waals surface area (Å²) in [6.45, 7) is 2.21. The van der Waals surface area contributed by atoms with Crippen molar-refractivity contribution in [2.75, 3.05) is 6.61 Å². The van der Waals surface area contributed by atoms with Crippen LogP contribution >= 0.6 is 0 Å². The van der Waals surface area contributed by atoms with Gasteiger partial charge in [0.25, 0.3) is 0 Å². The van der Waals surface area contributed by atoms with Gasteiger partial charge in [-0.05, 0) is 37.3 Å². The minimum Gasteiger partial charge on any atom is -0.472 e. The molecule has 1 N–H and O–H groups in total. The molecule has 0 aromatic carbocycles. The Bertz CT molecular complexity index is 850. The monoisotopic (exact) mass is 356 g/mol. The van der Waals surface area contributed by atoms with Crippen LogP contribution in [-0.4, -0.2) is 29.8 Å². The van der Waals surface area contributed by atoms with Crippen LogP contribution < -0.4 is 0 Å². The predicted octanol–water partition coefficient (Wildman–Crippen LogP) is 2.45. The summed E-state index contributed by atoms with van der Waals surface area (Å²) in [5, 5.41) is 10.9. The molecule has 2 aliphatic carbocycles. The molecule has 1 aromatic rings. The topological polar surface area (TPSA) is 86.0 Å². The van der Waals surface area contributed by atoms with E-state index < -0.39 is 29.0 Å². The third-order valence-electron chi connectivity index (χ3n) is 6.82. The van der Waals surface area contributed by atoms with Gasteiger partial charge in [0.15, 0.2) is 0 Å². The Morgan fingerprint density at radius 3 is 2.85 bits per heavy atom. The van der Waals surface area contributed by atoms with Crippen LogP contribution in [0.4, 0.5) is 0 Å². The van der Waals surface area contributed by atoms with Crippen LogP contribution in [0.3, 0.4) is 0 Å². The Morgan fingerprint density at radius 1 is 1.23 bits per heavy atom. The van der Waals surface area contributed by atoms with Crippen LogP contribution in [0, 0.1) is 16.7 Å². The average molecular weight is 356 g/mol. The lowest BCUT2D eigenvalue weighted by Crippen LogP contribution is -2.57. The van der Waals surface area contributed by atoms with Gasteiger partial charge in [0, 0.05) is 22.1 Å². The number of ether oxygens (including phenoxy) is 2. The van der Waals surface area contributed by atoms with Crippen LogP contribution in [0.25, 0.3) is 0 Å². The van der Waals surface area contributed by atoms with Gasteiger partial charge < -0.3 is 19.0 Å². The van der Waals surface area contributed by atoms with E-state index in [0.717, 1.165) is 18.4 Å². The second kappa shape index (κ2) is 5.10. The Balaban J connectivity index is 1.65. The first-order valence-electron chi connectivity index (χ1n) is 8.98. The maximum Gasteiger partial charge on any atom is 0.334 e. The van der Waals surface area contributed by atoms with Gasteiger partial charge >= 0.3 is 11.9 Å². The van der Waals surface area contributed by atoms with E-state index in [4.69, 9.17) is 13.9 Å². The minimum absolute atomic E-state index is 0.0706. The molecule has 136 valence electrons. The highest BCUT2D eigenvalue weighted by atomic mass is 16.5. The Labute approximate surface area is 150 Å². The van der Waals surface area contributed by atoms with Gasteiger partial charge in [0.05, 0.1) is 24.0 Å². The number of hydrogen-bond donors (Lipinski definition) is 1. The normalized spacial score (nSPS) is 41.2. The van der Waals surface area contributed by atoms with Crippen molar-refractivity contribution in [1.82, 2.24) is 0 Å². The molecule has 2 aliphatic heterocycles. The second-order valence-electron chi connectivity index (χ2n) is 7.96. The van der Waals surface area contributed by atoms with E-state index in [9.17, 15) is 14.7 Å². The van der Waals surface area contributed by atoms with Gasteiger partial charge in [-0.25, -0.2) is 9.59 Å². The third-order valence-corrected chi connectivity index (χ3v) is 6.82. The lowest BCUT2D eigenvalue weighted by molar-refractivity contribution is -0.161. The van der Waals surface area contributed by atoms with E-state index in [1.165, 1.54) is 0 Å². The highest BCUT2D eigenvalue weighted by Crippen LogP contribution is 2.64. The zero-order valence-electron chi connectivity index (χ0n) is 14.4. The van der Waals surface area contributed by atoms with E-state index in [-0.39, 0.29) is 18.5 Å².